The molecule has 12 heavy (non-hydrogen) atoms. The van der Waals surface area contributed by atoms with Crippen molar-refractivity contribution in [3.63, 3.8) is 0 Å². The number of nitrogens with zero attached hydrogens (tertiary/aromatic N) is 1. The molecule has 0 atom stereocenters. The van der Waals surface area contributed by atoms with Gasteiger partial charge in [-0.25, -0.2) is 4.98 Å². The number of hydrogen-bond acceptors (Lipinski definition) is 2. The predicted molar refractivity (Wildman–Crippen MR) is 49.6 cm³/mol. The molecule has 0 radical (unpaired) electrons. The monoisotopic (exact) mass is 185 g/mol. The fourth-order valence-corrected chi connectivity index (χ4v) is 1.13. The first-order valence-corrected chi connectivity index (χ1v) is 4.15. The molecule has 0 spiro atoms. The smallest absolute Gasteiger partial charge is 0.137 e. The van der Waals surface area contributed by atoms with Crippen LogP contribution in [0, 0.1) is 0 Å². The Morgan fingerprint density at radius 2 is 1.92 bits per heavy atom. The minimum atomic E-state index is -0.172. The molecule has 2 nitrogen and oxygen atoms in total. The number of rotatable bonds is 0. The molecule has 0 aromatic carbocycles. The van der Waals surface area contributed by atoms with Crippen LogP contribution in [0.5, 0.6) is 5.75 Å². The first-order chi connectivity index (χ1) is 5.41. The highest BCUT2D eigenvalue weighted by molar-refractivity contribution is 6.29. The van der Waals surface area contributed by atoms with Crippen molar-refractivity contribution in [2.75, 3.05) is 0 Å². The number of aromatic nitrogens is 1. The Kier molecular flexibility index (Phi) is 2.29. The Hall–Kier alpha value is -0.760. The summed E-state index contributed by atoms with van der Waals surface area (Å²) in [5.74, 6) is 0.201. The number of pyridine rings is 1. The highest BCUT2D eigenvalue weighted by Gasteiger charge is 2.19. The van der Waals surface area contributed by atoms with E-state index in [9.17, 15) is 5.11 Å². The fourth-order valence-electron chi connectivity index (χ4n) is 0.980. The Labute approximate surface area is 77.2 Å². The molecule has 0 aliphatic carbocycles. The van der Waals surface area contributed by atoms with Gasteiger partial charge in [0.2, 0.25) is 0 Å². The van der Waals surface area contributed by atoms with E-state index >= 15 is 0 Å². The number of aromatic hydroxyl groups is 1. The minimum absolute atomic E-state index is 0.172. The largest absolute Gasteiger partial charge is 0.506 e. The van der Waals surface area contributed by atoms with Gasteiger partial charge in [0.25, 0.3) is 0 Å². The molecule has 0 unspecified atom stereocenters. The summed E-state index contributed by atoms with van der Waals surface area (Å²) in [6.07, 6.45) is 0. The van der Waals surface area contributed by atoms with E-state index in [4.69, 9.17) is 11.6 Å². The highest BCUT2D eigenvalue weighted by Crippen LogP contribution is 2.29. The van der Waals surface area contributed by atoms with E-state index in [1.807, 2.05) is 20.8 Å². The third-order valence-corrected chi connectivity index (χ3v) is 1.76. The normalized spacial score (nSPS) is 11.7. The van der Waals surface area contributed by atoms with Crippen molar-refractivity contribution in [1.82, 2.24) is 4.98 Å². The summed E-state index contributed by atoms with van der Waals surface area (Å²) in [4.78, 5) is 4.06. The van der Waals surface area contributed by atoms with E-state index < -0.39 is 0 Å². The summed E-state index contributed by atoms with van der Waals surface area (Å²) in [6.45, 7) is 5.93. The third kappa shape index (κ3) is 1.89. The van der Waals surface area contributed by atoms with Gasteiger partial charge in [-0.3, -0.25) is 0 Å². The molecular weight excluding hydrogens is 174 g/mol. The topological polar surface area (TPSA) is 33.1 Å². The lowest BCUT2D eigenvalue weighted by molar-refractivity contribution is 0.438. The van der Waals surface area contributed by atoms with Crippen LogP contribution in [-0.2, 0) is 5.41 Å². The van der Waals surface area contributed by atoms with Crippen molar-refractivity contribution in [3.05, 3.63) is 23.0 Å². The average molecular weight is 186 g/mol. The summed E-state index contributed by atoms with van der Waals surface area (Å²) in [6, 6.07) is 3.14. The van der Waals surface area contributed by atoms with E-state index in [0.29, 0.717) is 10.8 Å². The SMILES string of the molecule is CC(C)(C)c1nc(Cl)ccc1O. The quantitative estimate of drug-likeness (QED) is 0.631. The zero-order valence-corrected chi connectivity index (χ0v) is 8.18. The maximum Gasteiger partial charge on any atom is 0.137 e. The second-order valence-corrected chi connectivity index (χ2v) is 4.14. The van der Waals surface area contributed by atoms with Gasteiger partial charge in [-0.1, -0.05) is 32.4 Å². The van der Waals surface area contributed by atoms with Gasteiger partial charge in [-0.2, -0.15) is 0 Å². The first-order valence-electron chi connectivity index (χ1n) is 3.77. The van der Waals surface area contributed by atoms with Gasteiger partial charge in [0.15, 0.2) is 0 Å². The van der Waals surface area contributed by atoms with Gasteiger partial charge in [0, 0.05) is 5.41 Å². The van der Waals surface area contributed by atoms with E-state index in [0.717, 1.165) is 0 Å². The molecule has 1 heterocycles. The molecule has 1 aromatic rings. The third-order valence-electron chi connectivity index (χ3n) is 1.55. The zero-order chi connectivity index (χ0) is 9.35. The maximum absolute atomic E-state index is 9.45. The van der Waals surface area contributed by atoms with E-state index in [-0.39, 0.29) is 11.2 Å². The molecule has 0 saturated carbocycles. The van der Waals surface area contributed by atoms with Crippen LogP contribution in [0.25, 0.3) is 0 Å². The maximum atomic E-state index is 9.45. The molecule has 0 amide bonds. The number of halogens is 1. The summed E-state index contributed by atoms with van der Waals surface area (Å²) in [5.41, 5.74) is 0.463. The van der Waals surface area contributed by atoms with Crippen molar-refractivity contribution >= 4 is 11.6 Å². The molecule has 1 N–H and O–H groups in total. The van der Waals surface area contributed by atoms with Gasteiger partial charge in [0.05, 0.1) is 5.69 Å². The highest BCUT2D eigenvalue weighted by atomic mass is 35.5. The standard InChI is InChI=1S/C9H12ClNO/c1-9(2,3)8-6(12)4-5-7(10)11-8/h4-5,12H,1-3H3. The zero-order valence-electron chi connectivity index (χ0n) is 7.43. The molecule has 1 aromatic heterocycles. The second-order valence-electron chi connectivity index (χ2n) is 3.75. The molecule has 3 heteroatoms. The molecular formula is C9H12ClNO. The van der Waals surface area contributed by atoms with Crippen molar-refractivity contribution < 1.29 is 5.11 Å². The minimum Gasteiger partial charge on any atom is -0.506 e. The van der Waals surface area contributed by atoms with Crippen molar-refractivity contribution in [1.29, 1.82) is 0 Å². The van der Waals surface area contributed by atoms with Gasteiger partial charge < -0.3 is 5.11 Å². The van der Waals surface area contributed by atoms with Crippen LogP contribution >= 0.6 is 11.6 Å². The molecule has 0 bridgehead atoms. The van der Waals surface area contributed by atoms with Crippen molar-refractivity contribution in [2.24, 2.45) is 0 Å². The predicted octanol–water partition coefficient (Wildman–Crippen LogP) is 2.74. The summed E-state index contributed by atoms with van der Waals surface area (Å²) in [5, 5.41) is 9.86. The van der Waals surface area contributed by atoms with Gasteiger partial charge >= 0.3 is 0 Å². The van der Waals surface area contributed by atoms with Crippen LogP contribution in [-0.4, -0.2) is 10.1 Å². The fraction of sp³-hybridized carbons (Fsp3) is 0.444. The average Bonchev–Trinajstić information content (AvgIpc) is 1.92. The van der Waals surface area contributed by atoms with Crippen LogP contribution < -0.4 is 0 Å². The lowest BCUT2D eigenvalue weighted by Gasteiger charge is -2.18. The molecule has 0 saturated heterocycles. The summed E-state index contributed by atoms with van der Waals surface area (Å²) in [7, 11) is 0. The van der Waals surface area contributed by atoms with E-state index in [1.54, 1.807) is 12.1 Å². The van der Waals surface area contributed by atoms with Crippen LogP contribution in [0.2, 0.25) is 5.15 Å². The van der Waals surface area contributed by atoms with Crippen molar-refractivity contribution in [2.45, 2.75) is 26.2 Å². The lowest BCUT2D eigenvalue weighted by atomic mass is 9.91. The number of hydrogen-bond donors (Lipinski definition) is 1. The van der Waals surface area contributed by atoms with Crippen LogP contribution in [0.4, 0.5) is 0 Å². The van der Waals surface area contributed by atoms with Crippen LogP contribution in [0.15, 0.2) is 12.1 Å². The van der Waals surface area contributed by atoms with Crippen molar-refractivity contribution in [3.8, 4) is 5.75 Å². The first kappa shape index (κ1) is 9.33. The van der Waals surface area contributed by atoms with E-state index in [1.165, 1.54) is 0 Å². The van der Waals surface area contributed by atoms with Crippen LogP contribution in [0.3, 0.4) is 0 Å². The lowest BCUT2D eigenvalue weighted by Crippen LogP contribution is -2.13. The Balaban J connectivity index is 3.23. The Morgan fingerprint density at radius 3 is 2.33 bits per heavy atom. The van der Waals surface area contributed by atoms with Gasteiger partial charge in [-0.15, -0.1) is 0 Å². The van der Waals surface area contributed by atoms with Gasteiger partial charge in [0.1, 0.15) is 10.9 Å². The Bertz CT molecular complexity index is 291. The molecule has 0 aliphatic rings. The molecule has 0 aliphatic heterocycles. The Morgan fingerprint density at radius 1 is 1.33 bits per heavy atom. The second kappa shape index (κ2) is 2.94. The van der Waals surface area contributed by atoms with Gasteiger partial charge in [-0.05, 0) is 12.1 Å². The van der Waals surface area contributed by atoms with E-state index in [2.05, 4.69) is 4.98 Å². The molecule has 0 fully saturated rings. The van der Waals surface area contributed by atoms with Crippen LogP contribution in [0.1, 0.15) is 26.5 Å². The summed E-state index contributed by atoms with van der Waals surface area (Å²) < 4.78 is 0. The summed E-state index contributed by atoms with van der Waals surface area (Å²) >= 11 is 5.70. The molecule has 66 valence electrons. The molecule has 1 rings (SSSR count).